The lowest BCUT2D eigenvalue weighted by atomic mass is 9.85. The van der Waals surface area contributed by atoms with Crippen molar-refractivity contribution in [1.29, 1.82) is 0 Å². The lowest BCUT2D eigenvalue weighted by molar-refractivity contribution is 0.250. The summed E-state index contributed by atoms with van der Waals surface area (Å²) in [6.07, 6.45) is 3.37. The molecule has 4 nitrogen and oxygen atoms in total. The van der Waals surface area contributed by atoms with Crippen LogP contribution in [0.25, 0.3) is 0 Å². The van der Waals surface area contributed by atoms with E-state index in [-0.39, 0.29) is 16.5 Å². The fourth-order valence-electron chi connectivity index (χ4n) is 2.46. The van der Waals surface area contributed by atoms with E-state index >= 15 is 0 Å². The Hall–Kier alpha value is -0.330. The van der Waals surface area contributed by atoms with E-state index in [0.29, 0.717) is 29.6 Å². The Labute approximate surface area is 136 Å². The first-order valence-corrected chi connectivity index (χ1v) is 9.28. The summed E-state index contributed by atoms with van der Waals surface area (Å²) in [6, 6.07) is 3.00. The van der Waals surface area contributed by atoms with Crippen molar-refractivity contribution in [2.45, 2.75) is 37.6 Å². The maximum atomic E-state index is 12.8. The number of hydrogen-bond acceptors (Lipinski definition) is 3. The van der Waals surface area contributed by atoms with Gasteiger partial charge in [-0.1, -0.05) is 36.5 Å². The highest BCUT2D eigenvalue weighted by Gasteiger charge is 2.30. The zero-order valence-electron chi connectivity index (χ0n) is 12.0. The highest BCUT2D eigenvalue weighted by atomic mass is 35.5. The van der Waals surface area contributed by atoms with Crippen molar-refractivity contribution in [2.24, 2.45) is 11.7 Å². The van der Waals surface area contributed by atoms with Crippen LogP contribution in [0.5, 0.6) is 0 Å². The maximum absolute atomic E-state index is 12.8. The van der Waals surface area contributed by atoms with Crippen LogP contribution in [0.15, 0.2) is 17.0 Å². The molecular formula is C14H20Cl2N2O2S. The molecule has 21 heavy (non-hydrogen) atoms. The number of sulfonamides is 1. The predicted octanol–water partition coefficient (Wildman–Crippen LogP) is 3.26. The number of hydrogen-bond donors (Lipinski definition) is 1. The van der Waals surface area contributed by atoms with E-state index in [0.717, 1.165) is 12.8 Å². The molecule has 0 aliphatic heterocycles. The molecule has 1 aromatic carbocycles. The van der Waals surface area contributed by atoms with E-state index in [9.17, 15) is 8.42 Å². The summed E-state index contributed by atoms with van der Waals surface area (Å²) in [4.78, 5) is 0.0928. The van der Waals surface area contributed by atoms with Gasteiger partial charge in [0.2, 0.25) is 10.0 Å². The molecule has 1 aliphatic rings. The molecular weight excluding hydrogens is 331 g/mol. The van der Waals surface area contributed by atoms with Crippen molar-refractivity contribution < 1.29 is 8.42 Å². The normalized spacial score (nSPS) is 16.2. The third-order valence-electron chi connectivity index (χ3n) is 4.01. The van der Waals surface area contributed by atoms with Crippen LogP contribution in [-0.2, 0) is 16.6 Å². The number of nitrogens with zero attached hydrogens (tertiary/aromatic N) is 1. The average Bonchev–Trinajstić information content (AvgIpc) is 2.37. The van der Waals surface area contributed by atoms with Crippen LogP contribution in [0.2, 0.25) is 10.0 Å². The lowest BCUT2D eigenvalue weighted by Crippen LogP contribution is -2.37. The van der Waals surface area contributed by atoms with E-state index in [1.165, 1.54) is 16.8 Å². The summed E-state index contributed by atoms with van der Waals surface area (Å²) in [7, 11) is -3.62. The van der Waals surface area contributed by atoms with E-state index in [1.54, 1.807) is 6.07 Å². The number of nitrogens with two attached hydrogens (primary N) is 1. The minimum atomic E-state index is -3.62. The molecule has 0 heterocycles. The van der Waals surface area contributed by atoms with Crippen LogP contribution in [0, 0.1) is 5.92 Å². The van der Waals surface area contributed by atoms with Crippen LogP contribution in [-0.4, -0.2) is 25.8 Å². The van der Waals surface area contributed by atoms with Crippen LogP contribution >= 0.6 is 23.2 Å². The molecule has 1 saturated carbocycles. The third kappa shape index (κ3) is 3.37. The Balaban J connectivity index is 2.37. The Bertz CT molecular complexity index is 616. The van der Waals surface area contributed by atoms with E-state index in [2.05, 4.69) is 0 Å². The molecule has 1 aliphatic carbocycles. The minimum absolute atomic E-state index is 0.0928. The van der Waals surface area contributed by atoms with Gasteiger partial charge in [-0.2, -0.15) is 4.31 Å². The van der Waals surface area contributed by atoms with Gasteiger partial charge in [-0.3, -0.25) is 0 Å². The van der Waals surface area contributed by atoms with Gasteiger partial charge < -0.3 is 5.73 Å². The van der Waals surface area contributed by atoms with Crippen LogP contribution < -0.4 is 5.73 Å². The first-order chi connectivity index (χ1) is 9.91. The van der Waals surface area contributed by atoms with Gasteiger partial charge >= 0.3 is 0 Å². The lowest BCUT2D eigenvalue weighted by Gasteiger charge is -2.31. The number of halogens is 2. The molecule has 0 bridgehead atoms. The summed E-state index contributed by atoms with van der Waals surface area (Å²) >= 11 is 12.2. The summed E-state index contributed by atoms with van der Waals surface area (Å²) in [5, 5.41) is 0.528. The van der Waals surface area contributed by atoms with Gasteiger partial charge in [-0.25, -0.2) is 8.42 Å². The number of benzene rings is 1. The predicted molar refractivity (Wildman–Crippen MR) is 86.1 cm³/mol. The fraction of sp³-hybridized carbons (Fsp3) is 0.571. The van der Waals surface area contributed by atoms with Crippen molar-refractivity contribution in [1.82, 2.24) is 4.31 Å². The monoisotopic (exact) mass is 350 g/mol. The summed E-state index contributed by atoms with van der Waals surface area (Å²) < 4.78 is 27.1. The molecule has 0 spiro atoms. The van der Waals surface area contributed by atoms with Crippen molar-refractivity contribution in [2.75, 3.05) is 13.1 Å². The van der Waals surface area contributed by atoms with Crippen LogP contribution in [0.1, 0.15) is 31.7 Å². The standard InChI is InChI=1S/C14H20Cl2N2O2S/c1-2-18(9-10-4-3-5-10)21(19,20)13-7-6-12(15)11(8-17)14(13)16/h6-7,10H,2-5,8-9,17H2,1H3. The van der Waals surface area contributed by atoms with E-state index < -0.39 is 10.0 Å². The topological polar surface area (TPSA) is 63.4 Å². The second-order valence-corrected chi connectivity index (χ2v) is 7.99. The van der Waals surface area contributed by atoms with Gasteiger partial charge in [0.25, 0.3) is 0 Å². The molecule has 2 N–H and O–H groups in total. The maximum Gasteiger partial charge on any atom is 0.244 e. The molecule has 1 fully saturated rings. The van der Waals surface area contributed by atoms with Gasteiger partial charge in [0.05, 0.1) is 5.02 Å². The largest absolute Gasteiger partial charge is 0.326 e. The van der Waals surface area contributed by atoms with Gasteiger partial charge in [-0.15, -0.1) is 0 Å². The van der Waals surface area contributed by atoms with Gasteiger partial charge in [0.1, 0.15) is 4.90 Å². The molecule has 118 valence electrons. The zero-order chi connectivity index (χ0) is 15.6. The van der Waals surface area contributed by atoms with Crippen LogP contribution in [0.3, 0.4) is 0 Å². The molecule has 0 unspecified atom stereocenters. The number of rotatable bonds is 6. The fourth-order valence-corrected chi connectivity index (χ4v) is 4.89. The molecule has 0 saturated heterocycles. The Kier molecular flexibility index (Phi) is 5.54. The molecule has 0 radical (unpaired) electrons. The first-order valence-electron chi connectivity index (χ1n) is 7.08. The van der Waals surface area contributed by atoms with E-state index in [4.69, 9.17) is 28.9 Å². The highest BCUT2D eigenvalue weighted by molar-refractivity contribution is 7.89. The smallest absolute Gasteiger partial charge is 0.244 e. The highest BCUT2D eigenvalue weighted by Crippen LogP contribution is 2.34. The summed E-state index contributed by atoms with van der Waals surface area (Å²) in [5.74, 6) is 0.458. The van der Waals surface area contributed by atoms with Crippen molar-refractivity contribution in [3.05, 3.63) is 27.7 Å². The Morgan fingerprint density at radius 3 is 2.48 bits per heavy atom. The Morgan fingerprint density at radius 2 is 2.00 bits per heavy atom. The third-order valence-corrected chi connectivity index (χ3v) is 6.89. The molecule has 7 heteroatoms. The summed E-state index contributed by atoms with van der Waals surface area (Å²) in [5.41, 5.74) is 6.08. The SMILES string of the molecule is CCN(CC1CCC1)S(=O)(=O)c1ccc(Cl)c(CN)c1Cl. The van der Waals surface area contributed by atoms with Gasteiger partial charge in [0.15, 0.2) is 0 Å². The summed E-state index contributed by atoms with van der Waals surface area (Å²) in [6.45, 7) is 2.92. The average molecular weight is 351 g/mol. The zero-order valence-corrected chi connectivity index (χ0v) is 14.3. The molecule has 1 aromatic rings. The van der Waals surface area contributed by atoms with Crippen molar-refractivity contribution in [3.8, 4) is 0 Å². The van der Waals surface area contributed by atoms with Crippen molar-refractivity contribution in [3.63, 3.8) is 0 Å². The van der Waals surface area contributed by atoms with Crippen LogP contribution in [0.4, 0.5) is 0 Å². The minimum Gasteiger partial charge on any atom is -0.326 e. The van der Waals surface area contributed by atoms with Gasteiger partial charge in [0, 0.05) is 30.2 Å². The molecule has 2 rings (SSSR count). The Morgan fingerprint density at radius 1 is 1.33 bits per heavy atom. The second-order valence-electron chi connectivity index (χ2n) is 5.29. The molecule has 0 aromatic heterocycles. The second kappa shape index (κ2) is 6.84. The van der Waals surface area contributed by atoms with Gasteiger partial charge in [-0.05, 0) is 30.9 Å². The first kappa shape index (κ1) is 17.0. The molecule has 0 atom stereocenters. The quantitative estimate of drug-likeness (QED) is 0.856. The van der Waals surface area contributed by atoms with Crippen molar-refractivity contribution >= 4 is 33.2 Å². The van der Waals surface area contributed by atoms with E-state index in [1.807, 2.05) is 6.92 Å². The molecule has 0 amide bonds.